The summed E-state index contributed by atoms with van der Waals surface area (Å²) in [4.78, 5) is 38.5. The molecule has 26 heavy (non-hydrogen) atoms. The first-order valence-electron chi connectivity index (χ1n) is 8.89. The summed E-state index contributed by atoms with van der Waals surface area (Å²) in [6, 6.07) is 6.99. The Morgan fingerprint density at radius 3 is 2.62 bits per heavy atom. The second-order valence-electron chi connectivity index (χ2n) is 6.77. The van der Waals surface area contributed by atoms with Gasteiger partial charge in [-0.3, -0.25) is 9.69 Å². The van der Waals surface area contributed by atoms with E-state index >= 15 is 0 Å². The highest BCUT2D eigenvalue weighted by molar-refractivity contribution is 5.92. The molecule has 4 amide bonds. The Bertz CT molecular complexity index is 691. The zero-order chi connectivity index (χ0) is 18.7. The second kappa shape index (κ2) is 7.63. The number of likely N-dealkylation sites (tertiary alicyclic amines) is 1. The topological polar surface area (TPSA) is 102 Å². The van der Waals surface area contributed by atoms with Crippen molar-refractivity contribution in [3.8, 4) is 0 Å². The summed E-state index contributed by atoms with van der Waals surface area (Å²) in [5.74, 6) is -1.34. The highest BCUT2D eigenvalue weighted by Crippen LogP contribution is 2.22. The molecule has 8 nitrogen and oxygen atoms in total. The van der Waals surface area contributed by atoms with Crippen molar-refractivity contribution in [3.63, 3.8) is 0 Å². The molecule has 2 atom stereocenters. The molecule has 0 aromatic heterocycles. The van der Waals surface area contributed by atoms with Crippen molar-refractivity contribution in [3.05, 3.63) is 29.8 Å². The van der Waals surface area contributed by atoms with Crippen molar-refractivity contribution in [1.29, 1.82) is 0 Å². The van der Waals surface area contributed by atoms with Gasteiger partial charge in [0.05, 0.1) is 12.0 Å². The molecule has 140 valence electrons. The normalized spacial score (nSPS) is 21.3. The zero-order valence-electron chi connectivity index (χ0n) is 14.8. The van der Waals surface area contributed by atoms with Crippen LogP contribution in [-0.2, 0) is 4.79 Å². The molecular formula is C18H24N4O4. The fourth-order valence-corrected chi connectivity index (χ4v) is 3.32. The van der Waals surface area contributed by atoms with Crippen LogP contribution >= 0.6 is 0 Å². The lowest BCUT2D eigenvalue weighted by Gasteiger charge is -2.28. The van der Waals surface area contributed by atoms with E-state index in [0.717, 1.165) is 17.7 Å². The van der Waals surface area contributed by atoms with Crippen LogP contribution in [0, 0.1) is 5.92 Å². The minimum atomic E-state index is -0.856. The van der Waals surface area contributed by atoms with Gasteiger partial charge in [0.15, 0.2) is 0 Å². The highest BCUT2D eigenvalue weighted by atomic mass is 16.4. The van der Waals surface area contributed by atoms with Gasteiger partial charge >= 0.3 is 18.0 Å². The Balaban J connectivity index is 1.58. The summed E-state index contributed by atoms with van der Waals surface area (Å²) in [5.41, 5.74) is 1.75. The second-order valence-corrected chi connectivity index (χ2v) is 6.77. The molecule has 3 rings (SSSR count). The van der Waals surface area contributed by atoms with Crippen LogP contribution in [-0.4, -0.2) is 54.2 Å². The molecule has 0 aliphatic carbocycles. The zero-order valence-corrected chi connectivity index (χ0v) is 14.8. The molecule has 0 radical (unpaired) electrons. The molecule has 2 heterocycles. The number of rotatable bonds is 4. The van der Waals surface area contributed by atoms with Crippen LogP contribution < -0.4 is 15.5 Å². The monoisotopic (exact) mass is 360 g/mol. The number of hydrogen-bond donors (Lipinski definition) is 3. The molecule has 8 heteroatoms. The maximum absolute atomic E-state index is 12.3. The van der Waals surface area contributed by atoms with Crippen LogP contribution in [0.25, 0.3) is 0 Å². The number of carboxylic acids is 1. The summed E-state index contributed by atoms with van der Waals surface area (Å²) in [6.07, 6.45) is 1.40. The molecule has 1 aromatic rings. The number of hydrogen-bond acceptors (Lipinski definition) is 3. The van der Waals surface area contributed by atoms with Crippen molar-refractivity contribution >= 4 is 23.7 Å². The maximum atomic E-state index is 12.3. The van der Waals surface area contributed by atoms with Crippen molar-refractivity contribution in [2.24, 2.45) is 5.92 Å². The third kappa shape index (κ3) is 3.89. The maximum Gasteiger partial charge on any atom is 0.321 e. The van der Waals surface area contributed by atoms with Gasteiger partial charge in [0.1, 0.15) is 0 Å². The summed E-state index contributed by atoms with van der Waals surface area (Å²) >= 11 is 0. The standard InChI is InChI=1S/C18H24N4O4/c1-12(20-18(26)21-10-7-14(11-21)16(23)24)13-3-5-15(6-4-13)22-9-2-8-19-17(22)25/h3-6,12,14H,2,7-11H2,1H3,(H,19,25)(H,20,26)(H,23,24). The average molecular weight is 360 g/mol. The number of carbonyl (C=O) groups is 3. The predicted molar refractivity (Wildman–Crippen MR) is 96.1 cm³/mol. The molecule has 1 aromatic carbocycles. The van der Waals surface area contributed by atoms with Crippen LogP contribution in [0.2, 0.25) is 0 Å². The number of carbonyl (C=O) groups excluding carboxylic acids is 2. The Labute approximate surface area is 152 Å². The van der Waals surface area contributed by atoms with Gasteiger partial charge in [0.2, 0.25) is 0 Å². The van der Waals surface area contributed by atoms with E-state index in [1.54, 1.807) is 9.80 Å². The number of carboxylic acid groups (broad SMARTS) is 1. The number of nitrogens with zero attached hydrogens (tertiary/aromatic N) is 2. The minimum absolute atomic E-state index is 0.0904. The van der Waals surface area contributed by atoms with E-state index in [4.69, 9.17) is 5.11 Å². The van der Waals surface area contributed by atoms with E-state index in [-0.39, 0.29) is 24.6 Å². The average Bonchev–Trinajstić information content (AvgIpc) is 3.13. The molecule has 2 saturated heterocycles. The molecule has 2 aliphatic heterocycles. The van der Waals surface area contributed by atoms with Crippen LogP contribution in [0.4, 0.5) is 15.3 Å². The van der Waals surface area contributed by atoms with E-state index in [2.05, 4.69) is 10.6 Å². The number of aliphatic carboxylic acids is 1. The van der Waals surface area contributed by atoms with Gasteiger partial charge in [0, 0.05) is 31.9 Å². The molecule has 2 aliphatic rings. The quantitative estimate of drug-likeness (QED) is 0.762. The Kier molecular flexibility index (Phi) is 5.29. The van der Waals surface area contributed by atoms with Gasteiger partial charge in [-0.25, -0.2) is 9.59 Å². The third-order valence-corrected chi connectivity index (χ3v) is 4.95. The number of urea groups is 2. The minimum Gasteiger partial charge on any atom is -0.481 e. The van der Waals surface area contributed by atoms with Crippen molar-refractivity contribution < 1.29 is 19.5 Å². The van der Waals surface area contributed by atoms with Crippen molar-refractivity contribution in [2.45, 2.75) is 25.8 Å². The lowest BCUT2D eigenvalue weighted by molar-refractivity contribution is -0.141. The van der Waals surface area contributed by atoms with E-state index in [1.165, 1.54) is 0 Å². The number of benzene rings is 1. The fourth-order valence-electron chi connectivity index (χ4n) is 3.32. The smallest absolute Gasteiger partial charge is 0.321 e. The summed E-state index contributed by atoms with van der Waals surface area (Å²) < 4.78 is 0. The van der Waals surface area contributed by atoms with Gasteiger partial charge in [-0.05, 0) is 37.5 Å². The molecule has 0 spiro atoms. The molecule has 2 fully saturated rings. The molecule has 3 N–H and O–H groups in total. The SMILES string of the molecule is CC(NC(=O)N1CCC(C(=O)O)C1)c1ccc(N2CCCNC2=O)cc1. The predicted octanol–water partition coefficient (Wildman–Crippen LogP) is 1.78. The van der Waals surface area contributed by atoms with E-state index in [9.17, 15) is 14.4 Å². The van der Waals surface area contributed by atoms with Gasteiger partial charge in [-0.1, -0.05) is 12.1 Å². The molecular weight excluding hydrogens is 336 g/mol. The van der Waals surface area contributed by atoms with Gasteiger partial charge in [-0.2, -0.15) is 0 Å². The number of anilines is 1. The Hall–Kier alpha value is -2.77. The Morgan fingerprint density at radius 1 is 1.27 bits per heavy atom. The largest absolute Gasteiger partial charge is 0.481 e. The molecule has 0 saturated carbocycles. The van der Waals surface area contributed by atoms with E-state index < -0.39 is 11.9 Å². The van der Waals surface area contributed by atoms with E-state index in [0.29, 0.717) is 26.1 Å². The van der Waals surface area contributed by atoms with Crippen LogP contribution in [0.5, 0.6) is 0 Å². The van der Waals surface area contributed by atoms with Crippen molar-refractivity contribution in [2.75, 3.05) is 31.1 Å². The van der Waals surface area contributed by atoms with Gasteiger partial charge < -0.3 is 20.6 Å². The highest BCUT2D eigenvalue weighted by Gasteiger charge is 2.31. The first kappa shape index (κ1) is 18.0. The lowest BCUT2D eigenvalue weighted by atomic mass is 10.1. The molecule has 0 bridgehead atoms. The third-order valence-electron chi connectivity index (χ3n) is 4.95. The summed E-state index contributed by atoms with van der Waals surface area (Å²) in [7, 11) is 0. The first-order chi connectivity index (χ1) is 12.5. The van der Waals surface area contributed by atoms with Crippen LogP contribution in [0.15, 0.2) is 24.3 Å². The fraction of sp³-hybridized carbons (Fsp3) is 0.500. The number of nitrogens with one attached hydrogen (secondary N) is 2. The summed E-state index contributed by atoms with van der Waals surface area (Å²) in [5, 5.41) is 14.8. The Morgan fingerprint density at radius 2 is 2.00 bits per heavy atom. The molecule has 2 unspecified atom stereocenters. The van der Waals surface area contributed by atoms with Crippen LogP contribution in [0.3, 0.4) is 0 Å². The van der Waals surface area contributed by atoms with Gasteiger partial charge in [-0.15, -0.1) is 0 Å². The van der Waals surface area contributed by atoms with Crippen molar-refractivity contribution in [1.82, 2.24) is 15.5 Å². The van der Waals surface area contributed by atoms with E-state index in [1.807, 2.05) is 31.2 Å². The lowest BCUT2D eigenvalue weighted by Crippen LogP contribution is -2.46. The van der Waals surface area contributed by atoms with Gasteiger partial charge in [0.25, 0.3) is 0 Å². The summed E-state index contributed by atoms with van der Waals surface area (Å²) in [6.45, 7) is 3.98. The number of amides is 4. The van der Waals surface area contributed by atoms with Crippen LogP contribution in [0.1, 0.15) is 31.4 Å². The first-order valence-corrected chi connectivity index (χ1v) is 8.89.